The Kier molecular flexibility index (Phi) is 6.59. The molecule has 0 spiro atoms. The zero-order valence-electron chi connectivity index (χ0n) is 13.6. The van der Waals surface area contributed by atoms with Crippen LogP contribution in [0, 0.1) is 5.41 Å². The summed E-state index contributed by atoms with van der Waals surface area (Å²) in [4.78, 5) is 26.8. The van der Waals surface area contributed by atoms with E-state index in [1.807, 2.05) is 0 Å². The molecular formula is C17H25NO4S. The first-order valence-electron chi connectivity index (χ1n) is 8.10. The number of aryl methyl sites for hydroxylation is 1. The zero-order valence-corrected chi connectivity index (χ0v) is 14.4. The Labute approximate surface area is 141 Å². The normalized spacial score (nSPS) is 20.8. The van der Waals surface area contributed by atoms with Gasteiger partial charge in [0.2, 0.25) is 5.91 Å². The van der Waals surface area contributed by atoms with Crippen molar-refractivity contribution in [2.24, 2.45) is 5.41 Å². The number of amides is 1. The SMILES string of the molecule is COCC1(C(=O)O)CCN(C(=O)CCCCCc2cccs2)C1. The number of rotatable bonds is 9. The fourth-order valence-electron chi connectivity index (χ4n) is 3.08. The third-order valence-corrected chi connectivity index (χ3v) is 5.41. The van der Waals surface area contributed by atoms with E-state index in [4.69, 9.17) is 4.74 Å². The molecule has 1 aromatic rings. The average Bonchev–Trinajstić information content (AvgIpc) is 3.17. The number of aliphatic carboxylic acids is 1. The number of hydrogen-bond donors (Lipinski definition) is 1. The van der Waals surface area contributed by atoms with Crippen LogP contribution in [0.5, 0.6) is 0 Å². The van der Waals surface area contributed by atoms with E-state index in [0.29, 0.717) is 19.4 Å². The first kappa shape index (κ1) is 17.9. The Morgan fingerprint density at radius 1 is 1.39 bits per heavy atom. The summed E-state index contributed by atoms with van der Waals surface area (Å²) in [5.41, 5.74) is -0.927. The van der Waals surface area contributed by atoms with E-state index in [1.165, 1.54) is 12.0 Å². The molecule has 1 N–H and O–H groups in total. The first-order valence-corrected chi connectivity index (χ1v) is 8.98. The smallest absolute Gasteiger partial charge is 0.313 e. The maximum absolute atomic E-state index is 12.2. The molecule has 1 unspecified atom stereocenters. The molecule has 2 rings (SSSR count). The third kappa shape index (κ3) is 4.78. The largest absolute Gasteiger partial charge is 0.481 e. The highest BCUT2D eigenvalue weighted by Crippen LogP contribution is 2.31. The Hall–Kier alpha value is -1.40. The van der Waals surface area contributed by atoms with Crippen LogP contribution in [0.1, 0.15) is 37.0 Å². The Morgan fingerprint density at radius 3 is 2.87 bits per heavy atom. The van der Waals surface area contributed by atoms with Crippen molar-refractivity contribution in [3.05, 3.63) is 22.4 Å². The third-order valence-electron chi connectivity index (χ3n) is 4.47. The van der Waals surface area contributed by atoms with Crippen molar-refractivity contribution in [1.82, 2.24) is 4.90 Å². The summed E-state index contributed by atoms with van der Waals surface area (Å²) in [5, 5.41) is 11.5. The summed E-state index contributed by atoms with van der Waals surface area (Å²) in [5.74, 6) is -0.800. The number of carboxylic acid groups (broad SMARTS) is 1. The van der Waals surface area contributed by atoms with Gasteiger partial charge in [-0.15, -0.1) is 11.3 Å². The maximum Gasteiger partial charge on any atom is 0.313 e. The molecule has 1 aliphatic heterocycles. The monoisotopic (exact) mass is 339 g/mol. The average molecular weight is 339 g/mol. The summed E-state index contributed by atoms with van der Waals surface area (Å²) in [6, 6.07) is 4.20. The van der Waals surface area contributed by atoms with E-state index in [1.54, 1.807) is 16.2 Å². The minimum atomic E-state index is -0.927. The zero-order chi connectivity index (χ0) is 16.7. The molecule has 1 amide bonds. The summed E-state index contributed by atoms with van der Waals surface area (Å²) < 4.78 is 5.05. The van der Waals surface area contributed by atoms with Gasteiger partial charge in [-0.05, 0) is 37.1 Å². The number of nitrogens with zero attached hydrogens (tertiary/aromatic N) is 1. The lowest BCUT2D eigenvalue weighted by molar-refractivity contribution is -0.151. The summed E-state index contributed by atoms with van der Waals surface area (Å²) in [6.45, 7) is 0.945. The molecule has 2 heterocycles. The fraction of sp³-hybridized carbons (Fsp3) is 0.647. The topological polar surface area (TPSA) is 66.8 Å². The molecule has 1 fully saturated rings. The maximum atomic E-state index is 12.2. The van der Waals surface area contributed by atoms with Gasteiger partial charge in [-0.1, -0.05) is 12.5 Å². The van der Waals surface area contributed by atoms with Gasteiger partial charge >= 0.3 is 5.97 Å². The van der Waals surface area contributed by atoms with E-state index in [-0.39, 0.29) is 19.1 Å². The second-order valence-corrected chi connectivity index (χ2v) is 7.26. The number of ether oxygens (including phenoxy) is 1. The highest BCUT2D eigenvalue weighted by atomic mass is 32.1. The second kappa shape index (κ2) is 8.45. The Bertz CT molecular complexity index is 517. The van der Waals surface area contributed by atoms with Crippen LogP contribution in [-0.4, -0.2) is 48.7 Å². The van der Waals surface area contributed by atoms with Gasteiger partial charge in [-0.25, -0.2) is 0 Å². The molecule has 1 atom stereocenters. The van der Waals surface area contributed by atoms with Crippen LogP contribution in [0.15, 0.2) is 17.5 Å². The number of carboxylic acids is 1. The van der Waals surface area contributed by atoms with Gasteiger partial charge < -0.3 is 14.7 Å². The number of thiophene rings is 1. The van der Waals surface area contributed by atoms with Gasteiger partial charge in [0.1, 0.15) is 5.41 Å². The van der Waals surface area contributed by atoms with Crippen molar-refractivity contribution in [3.8, 4) is 0 Å². The van der Waals surface area contributed by atoms with Crippen LogP contribution in [0.25, 0.3) is 0 Å². The van der Waals surface area contributed by atoms with Crippen molar-refractivity contribution >= 4 is 23.2 Å². The Morgan fingerprint density at radius 2 is 2.22 bits per heavy atom. The summed E-state index contributed by atoms with van der Waals surface area (Å²) >= 11 is 1.77. The molecule has 0 bridgehead atoms. The molecule has 1 aliphatic rings. The van der Waals surface area contributed by atoms with Crippen LogP contribution in [-0.2, 0) is 20.7 Å². The van der Waals surface area contributed by atoms with Crippen LogP contribution >= 0.6 is 11.3 Å². The van der Waals surface area contributed by atoms with Crippen molar-refractivity contribution in [1.29, 1.82) is 0 Å². The van der Waals surface area contributed by atoms with E-state index in [0.717, 1.165) is 25.7 Å². The molecule has 0 radical (unpaired) electrons. The van der Waals surface area contributed by atoms with Crippen LogP contribution in [0.4, 0.5) is 0 Å². The van der Waals surface area contributed by atoms with Crippen molar-refractivity contribution < 1.29 is 19.4 Å². The van der Waals surface area contributed by atoms with Crippen molar-refractivity contribution in [2.75, 3.05) is 26.8 Å². The highest BCUT2D eigenvalue weighted by Gasteiger charge is 2.46. The molecule has 23 heavy (non-hydrogen) atoms. The van der Waals surface area contributed by atoms with Crippen LogP contribution in [0.3, 0.4) is 0 Å². The number of carbonyl (C=O) groups is 2. The van der Waals surface area contributed by atoms with Gasteiger partial charge in [-0.3, -0.25) is 9.59 Å². The summed E-state index contributed by atoms with van der Waals surface area (Å²) in [6.07, 6.45) is 5.04. The lowest BCUT2D eigenvalue weighted by Crippen LogP contribution is -2.40. The fourth-order valence-corrected chi connectivity index (χ4v) is 3.83. The van der Waals surface area contributed by atoms with E-state index in [9.17, 15) is 14.7 Å². The van der Waals surface area contributed by atoms with Gasteiger partial charge in [-0.2, -0.15) is 0 Å². The second-order valence-electron chi connectivity index (χ2n) is 6.22. The number of likely N-dealkylation sites (tertiary alicyclic amines) is 1. The molecule has 1 aromatic heterocycles. The number of methoxy groups -OCH3 is 1. The van der Waals surface area contributed by atoms with Gasteiger partial charge in [0.05, 0.1) is 6.61 Å². The lowest BCUT2D eigenvalue weighted by atomic mass is 9.88. The summed E-state index contributed by atoms with van der Waals surface area (Å²) in [7, 11) is 1.50. The standard InChI is InChI=1S/C17H25NO4S/c1-22-13-17(16(20)21)9-10-18(12-17)15(19)8-4-2-3-6-14-7-5-11-23-14/h5,7,11H,2-4,6,8-10,12-13H2,1H3,(H,20,21). The van der Waals surface area contributed by atoms with E-state index < -0.39 is 11.4 Å². The van der Waals surface area contributed by atoms with Gasteiger partial charge in [0.25, 0.3) is 0 Å². The molecule has 6 heteroatoms. The van der Waals surface area contributed by atoms with Crippen LogP contribution in [0.2, 0.25) is 0 Å². The number of unbranched alkanes of at least 4 members (excludes halogenated alkanes) is 2. The molecule has 0 aromatic carbocycles. The molecule has 5 nitrogen and oxygen atoms in total. The molecule has 0 aliphatic carbocycles. The molecule has 0 saturated carbocycles. The Balaban J connectivity index is 1.69. The van der Waals surface area contributed by atoms with Gasteiger partial charge in [0, 0.05) is 31.5 Å². The minimum Gasteiger partial charge on any atom is -0.481 e. The van der Waals surface area contributed by atoms with E-state index >= 15 is 0 Å². The van der Waals surface area contributed by atoms with Gasteiger partial charge in [0.15, 0.2) is 0 Å². The molecule has 1 saturated heterocycles. The van der Waals surface area contributed by atoms with E-state index in [2.05, 4.69) is 17.5 Å². The number of carbonyl (C=O) groups excluding carboxylic acids is 1. The quantitative estimate of drug-likeness (QED) is 0.703. The molecular weight excluding hydrogens is 314 g/mol. The lowest BCUT2D eigenvalue weighted by Gasteiger charge is -2.23. The first-order chi connectivity index (χ1) is 11.1. The predicted molar refractivity (Wildman–Crippen MR) is 89.6 cm³/mol. The van der Waals surface area contributed by atoms with Crippen molar-refractivity contribution in [3.63, 3.8) is 0 Å². The highest BCUT2D eigenvalue weighted by molar-refractivity contribution is 7.09. The predicted octanol–water partition coefficient (Wildman–Crippen LogP) is 2.80. The minimum absolute atomic E-state index is 0.0698. The molecule has 128 valence electrons. The number of hydrogen-bond acceptors (Lipinski definition) is 4. The van der Waals surface area contributed by atoms with Crippen LogP contribution < -0.4 is 0 Å². The van der Waals surface area contributed by atoms with Crippen molar-refractivity contribution in [2.45, 2.75) is 38.5 Å².